The first kappa shape index (κ1) is 17.4. The predicted molar refractivity (Wildman–Crippen MR) is 84.9 cm³/mol. The van der Waals surface area contributed by atoms with Crippen molar-refractivity contribution in [3.8, 4) is 11.3 Å². The number of aryl methyl sites for hydroxylation is 1. The van der Waals surface area contributed by atoms with E-state index in [9.17, 15) is 9.18 Å². The van der Waals surface area contributed by atoms with Crippen LogP contribution in [0.25, 0.3) is 11.3 Å². The van der Waals surface area contributed by atoms with Crippen molar-refractivity contribution in [1.82, 2.24) is 10.1 Å². The van der Waals surface area contributed by atoms with Crippen molar-refractivity contribution in [1.29, 1.82) is 0 Å². The highest BCUT2D eigenvalue weighted by atomic mass is 35.5. The molecule has 0 saturated carbocycles. The second kappa shape index (κ2) is 7.57. The number of carbonyl (C=O) groups is 1. The van der Waals surface area contributed by atoms with E-state index in [4.69, 9.17) is 21.2 Å². The molecule has 0 bridgehead atoms. The first-order valence-corrected chi connectivity index (χ1v) is 7.69. The van der Waals surface area contributed by atoms with E-state index in [2.05, 4.69) is 5.16 Å². The summed E-state index contributed by atoms with van der Waals surface area (Å²) < 4.78 is 19.3. The molecule has 0 saturated heterocycles. The molecule has 7 heteroatoms. The van der Waals surface area contributed by atoms with Crippen LogP contribution in [0.2, 0.25) is 5.02 Å². The predicted octanol–water partition coefficient (Wildman–Crippen LogP) is 3.29. The van der Waals surface area contributed by atoms with Gasteiger partial charge in [-0.15, -0.1) is 0 Å². The third kappa shape index (κ3) is 3.54. The van der Waals surface area contributed by atoms with Gasteiger partial charge in [0.15, 0.2) is 0 Å². The number of carbonyl (C=O) groups excluding carboxylic acids is 1. The Balaban J connectivity index is 2.52. The normalized spacial score (nSPS) is 10.8. The molecule has 0 radical (unpaired) electrons. The molecular formula is C16H18ClFN2O3. The Kier molecular flexibility index (Phi) is 5.74. The van der Waals surface area contributed by atoms with Crippen LogP contribution in [-0.2, 0) is 0 Å². The largest absolute Gasteiger partial charge is 0.395 e. The number of halogens is 2. The maximum absolute atomic E-state index is 14.2. The average Bonchev–Trinajstić information content (AvgIpc) is 2.88. The summed E-state index contributed by atoms with van der Waals surface area (Å²) >= 11 is 6.07. The first-order valence-electron chi connectivity index (χ1n) is 7.32. The molecule has 5 nitrogen and oxygen atoms in total. The van der Waals surface area contributed by atoms with Gasteiger partial charge in [-0.1, -0.05) is 29.7 Å². The molecule has 1 aromatic carbocycles. The molecular weight excluding hydrogens is 323 g/mol. The third-order valence-corrected chi connectivity index (χ3v) is 3.74. The number of nitrogens with zero attached hydrogens (tertiary/aromatic N) is 2. The Bertz CT molecular complexity index is 676. The van der Waals surface area contributed by atoms with Crippen molar-refractivity contribution in [2.45, 2.75) is 20.3 Å². The topological polar surface area (TPSA) is 66.6 Å². The number of amides is 1. The van der Waals surface area contributed by atoms with Crippen LogP contribution in [0.3, 0.4) is 0 Å². The zero-order valence-corrected chi connectivity index (χ0v) is 13.7. The summed E-state index contributed by atoms with van der Waals surface area (Å²) in [6.45, 7) is 4.00. The molecule has 1 N–H and O–H groups in total. The number of hydrogen-bond acceptors (Lipinski definition) is 4. The summed E-state index contributed by atoms with van der Waals surface area (Å²) in [6, 6.07) is 4.25. The molecule has 124 valence electrons. The van der Waals surface area contributed by atoms with E-state index in [1.54, 1.807) is 6.92 Å². The SMILES string of the molecule is CCCN(CCO)C(=O)c1c(-c2c(F)cccc2Cl)noc1C. The van der Waals surface area contributed by atoms with Crippen LogP contribution in [0.5, 0.6) is 0 Å². The second-order valence-electron chi connectivity index (χ2n) is 5.07. The molecule has 0 spiro atoms. The van der Waals surface area contributed by atoms with Crippen LogP contribution >= 0.6 is 11.6 Å². The molecule has 1 heterocycles. The highest BCUT2D eigenvalue weighted by Crippen LogP contribution is 2.34. The minimum absolute atomic E-state index is 0.0369. The lowest BCUT2D eigenvalue weighted by Crippen LogP contribution is -2.34. The molecule has 0 aliphatic carbocycles. The number of hydrogen-bond donors (Lipinski definition) is 1. The Hall–Kier alpha value is -1.92. The fourth-order valence-corrected chi connectivity index (χ4v) is 2.63. The summed E-state index contributed by atoms with van der Waals surface area (Å²) in [5, 5.41) is 13.1. The van der Waals surface area contributed by atoms with Gasteiger partial charge in [0.05, 0.1) is 17.2 Å². The molecule has 2 rings (SSSR count). The van der Waals surface area contributed by atoms with Crippen LogP contribution in [0.15, 0.2) is 22.7 Å². The van der Waals surface area contributed by atoms with E-state index in [-0.39, 0.29) is 46.7 Å². The number of benzene rings is 1. The Morgan fingerprint density at radius 3 is 2.78 bits per heavy atom. The van der Waals surface area contributed by atoms with Gasteiger partial charge in [0.2, 0.25) is 0 Å². The smallest absolute Gasteiger partial charge is 0.259 e. The maximum Gasteiger partial charge on any atom is 0.259 e. The highest BCUT2D eigenvalue weighted by molar-refractivity contribution is 6.33. The molecule has 0 unspecified atom stereocenters. The standard InChI is InChI=1S/C16H18ClFN2O3/c1-3-7-20(8-9-21)16(22)13-10(2)23-19-15(13)14-11(17)5-4-6-12(14)18/h4-6,21H,3,7-9H2,1-2H3. The summed E-state index contributed by atoms with van der Waals surface area (Å²) in [5.41, 5.74) is 0.281. The van der Waals surface area contributed by atoms with Gasteiger partial charge in [-0.05, 0) is 25.5 Å². The lowest BCUT2D eigenvalue weighted by atomic mass is 10.0. The van der Waals surface area contributed by atoms with Crippen molar-refractivity contribution >= 4 is 17.5 Å². The Morgan fingerprint density at radius 1 is 1.43 bits per heavy atom. The van der Waals surface area contributed by atoms with E-state index < -0.39 is 5.82 Å². The van der Waals surface area contributed by atoms with Crippen molar-refractivity contribution in [2.75, 3.05) is 19.7 Å². The van der Waals surface area contributed by atoms with Crippen molar-refractivity contribution in [3.05, 3.63) is 40.4 Å². The summed E-state index contributed by atoms with van der Waals surface area (Å²) in [4.78, 5) is 14.3. The van der Waals surface area contributed by atoms with Gasteiger partial charge in [-0.25, -0.2) is 4.39 Å². The molecule has 0 aliphatic heterocycles. The quantitative estimate of drug-likeness (QED) is 0.876. The van der Waals surface area contributed by atoms with Gasteiger partial charge < -0.3 is 14.5 Å². The van der Waals surface area contributed by atoms with Gasteiger partial charge >= 0.3 is 0 Å². The average molecular weight is 341 g/mol. The molecule has 0 aliphatic rings. The van der Waals surface area contributed by atoms with Gasteiger partial charge in [0, 0.05) is 13.1 Å². The maximum atomic E-state index is 14.2. The number of rotatable bonds is 6. The van der Waals surface area contributed by atoms with Gasteiger partial charge in [0.1, 0.15) is 22.8 Å². The Morgan fingerprint density at radius 2 is 2.17 bits per heavy atom. The van der Waals surface area contributed by atoms with Crippen LogP contribution in [0.4, 0.5) is 4.39 Å². The summed E-state index contributed by atoms with van der Waals surface area (Å²) in [6.07, 6.45) is 0.728. The fraction of sp³-hybridized carbons (Fsp3) is 0.375. The van der Waals surface area contributed by atoms with E-state index >= 15 is 0 Å². The molecule has 2 aromatic rings. The molecule has 1 aromatic heterocycles. The van der Waals surface area contributed by atoms with E-state index in [1.165, 1.54) is 23.1 Å². The monoisotopic (exact) mass is 340 g/mol. The summed E-state index contributed by atoms with van der Waals surface area (Å²) in [7, 11) is 0. The number of aliphatic hydroxyl groups excluding tert-OH is 1. The van der Waals surface area contributed by atoms with E-state index in [1.807, 2.05) is 6.92 Å². The van der Waals surface area contributed by atoms with Crippen molar-refractivity contribution in [3.63, 3.8) is 0 Å². The fourth-order valence-electron chi connectivity index (χ4n) is 2.38. The van der Waals surface area contributed by atoms with E-state index in [0.29, 0.717) is 6.54 Å². The zero-order chi connectivity index (χ0) is 17.0. The zero-order valence-electron chi connectivity index (χ0n) is 13.0. The number of aromatic nitrogens is 1. The summed E-state index contributed by atoms with van der Waals surface area (Å²) in [5.74, 6) is -0.665. The van der Waals surface area contributed by atoms with Gasteiger partial charge in [-0.2, -0.15) is 0 Å². The lowest BCUT2D eigenvalue weighted by Gasteiger charge is -2.21. The van der Waals surface area contributed by atoms with Crippen molar-refractivity contribution < 1.29 is 18.8 Å². The minimum Gasteiger partial charge on any atom is -0.395 e. The Labute approximate surface area is 138 Å². The van der Waals surface area contributed by atoms with E-state index in [0.717, 1.165) is 6.42 Å². The second-order valence-corrected chi connectivity index (χ2v) is 5.48. The molecule has 23 heavy (non-hydrogen) atoms. The van der Waals surface area contributed by atoms with Crippen LogP contribution in [0.1, 0.15) is 29.5 Å². The molecule has 1 amide bonds. The number of aliphatic hydroxyl groups is 1. The van der Waals surface area contributed by atoms with Gasteiger partial charge in [-0.3, -0.25) is 4.79 Å². The molecule has 0 fully saturated rings. The van der Waals surface area contributed by atoms with Crippen LogP contribution < -0.4 is 0 Å². The highest BCUT2D eigenvalue weighted by Gasteiger charge is 2.28. The molecule has 0 atom stereocenters. The van der Waals surface area contributed by atoms with Crippen LogP contribution in [0, 0.1) is 12.7 Å². The third-order valence-electron chi connectivity index (χ3n) is 3.43. The first-order chi connectivity index (χ1) is 11.0. The lowest BCUT2D eigenvalue weighted by molar-refractivity contribution is 0.0721. The minimum atomic E-state index is -0.580. The van der Waals surface area contributed by atoms with Crippen LogP contribution in [-0.4, -0.2) is 40.8 Å². The van der Waals surface area contributed by atoms with Gasteiger partial charge in [0.25, 0.3) is 5.91 Å². The van der Waals surface area contributed by atoms with Crippen molar-refractivity contribution in [2.24, 2.45) is 0 Å².